The van der Waals surface area contributed by atoms with Crippen molar-refractivity contribution >= 4 is 6.09 Å². The molecule has 1 amide bonds. The highest BCUT2D eigenvalue weighted by molar-refractivity contribution is 5.69. The van der Waals surface area contributed by atoms with E-state index in [1.807, 2.05) is 0 Å². The van der Waals surface area contributed by atoms with Gasteiger partial charge in [0.15, 0.2) is 0 Å². The molecule has 0 radical (unpaired) electrons. The molecule has 0 aliphatic carbocycles. The molecule has 6 nitrogen and oxygen atoms in total. The summed E-state index contributed by atoms with van der Waals surface area (Å²) in [4.78, 5) is 12.9. The predicted molar refractivity (Wildman–Crippen MR) is 58.2 cm³/mol. The molecule has 1 rings (SSSR count). The van der Waals surface area contributed by atoms with E-state index in [1.54, 1.807) is 12.0 Å². The zero-order valence-electron chi connectivity index (χ0n) is 9.68. The van der Waals surface area contributed by atoms with Gasteiger partial charge < -0.3 is 24.8 Å². The number of hydrogen-bond donors (Lipinski definition) is 1. The fourth-order valence-corrected chi connectivity index (χ4v) is 1.46. The van der Waals surface area contributed by atoms with Crippen LogP contribution < -0.4 is 5.73 Å². The third kappa shape index (κ3) is 4.34. The van der Waals surface area contributed by atoms with E-state index in [4.69, 9.17) is 19.9 Å². The van der Waals surface area contributed by atoms with Crippen LogP contribution in [-0.2, 0) is 14.2 Å². The molecule has 1 saturated heterocycles. The summed E-state index contributed by atoms with van der Waals surface area (Å²) in [6.45, 7) is 3.37. The van der Waals surface area contributed by atoms with Gasteiger partial charge in [-0.2, -0.15) is 0 Å². The second-order valence-electron chi connectivity index (χ2n) is 3.65. The summed E-state index contributed by atoms with van der Waals surface area (Å²) in [5.41, 5.74) is 5.42. The quantitative estimate of drug-likeness (QED) is 0.588. The summed E-state index contributed by atoms with van der Waals surface area (Å²) in [6, 6.07) is 0. The van der Waals surface area contributed by atoms with Gasteiger partial charge in [0.25, 0.3) is 0 Å². The van der Waals surface area contributed by atoms with Crippen molar-refractivity contribution in [3.63, 3.8) is 0 Å². The fraction of sp³-hybridized carbons (Fsp3) is 0.900. The molecule has 1 unspecified atom stereocenters. The highest BCUT2D eigenvalue weighted by Crippen LogP contribution is 2.09. The first-order valence-corrected chi connectivity index (χ1v) is 5.50. The van der Waals surface area contributed by atoms with Crippen molar-refractivity contribution in [2.75, 3.05) is 46.6 Å². The molecule has 0 saturated carbocycles. The number of carbonyl (C=O) groups is 1. The lowest BCUT2D eigenvalue weighted by molar-refractivity contribution is 0.0888. The molecule has 1 aliphatic heterocycles. The Bertz CT molecular complexity index is 213. The van der Waals surface area contributed by atoms with E-state index in [0.717, 1.165) is 6.42 Å². The molecule has 0 spiro atoms. The highest BCUT2D eigenvalue weighted by atomic mass is 16.6. The summed E-state index contributed by atoms with van der Waals surface area (Å²) in [5, 5.41) is 0. The normalized spacial score (nSPS) is 20.2. The summed E-state index contributed by atoms with van der Waals surface area (Å²) in [7, 11) is 1.66. The van der Waals surface area contributed by atoms with Crippen molar-refractivity contribution < 1.29 is 19.0 Å². The molecule has 0 aromatic rings. The Morgan fingerprint density at radius 2 is 2.31 bits per heavy atom. The summed E-state index contributed by atoms with van der Waals surface area (Å²) in [6.07, 6.45) is 0.406. The minimum Gasteiger partial charge on any atom is -0.443 e. The van der Waals surface area contributed by atoms with Gasteiger partial charge in [0.1, 0.15) is 6.10 Å². The molecule has 0 aromatic carbocycles. The molecular formula is C10H20N2O4. The average molecular weight is 232 g/mol. The van der Waals surface area contributed by atoms with Crippen LogP contribution in [0.5, 0.6) is 0 Å². The lowest BCUT2D eigenvalue weighted by atomic mass is 10.3. The minimum absolute atomic E-state index is 0.166. The van der Waals surface area contributed by atoms with E-state index in [-0.39, 0.29) is 12.2 Å². The lowest BCUT2D eigenvalue weighted by Crippen LogP contribution is -2.30. The van der Waals surface area contributed by atoms with E-state index in [2.05, 4.69) is 0 Å². The first-order valence-electron chi connectivity index (χ1n) is 5.50. The van der Waals surface area contributed by atoms with Crippen LogP contribution in [0.15, 0.2) is 0 Å². The molecule has 1 fully saturated rings. The maximum atomic E-state index is 11.3. The van der Waals surface area contributed by atoms with Crippen LogP contribution in [-0.4, -0.2) is 63.7 Å². The summed E-state index contributed by atoms with van der Waals surface area (Å²) in [5.74, 6) is 0. The minimum atomic E-state index is -0.295. The molecule has 1 heterocycles. The standard InChI is InChI=1S/C10H20N2O4/c1-14-4-2-5-15-6-3-12-8-9(7-11)16-10(12)13/h9H,2-8,11H2,1H3. The molecule has 0 aromatic heterocycles. The van der Waals surface area contributed by atoms with Gasteiger partial charge in [0, 0.05) is 33.4 Å². The SMILES string of the molecule is COCCCOCCN1CC(CN)OC1=O. The second-order valence-corrected chi connectivity index (χ2v) is 3.65. The van der Waals surface area contributed by atoms with E-state index in [0.29, 0.717) is 39.5 Å². The molecule has 0 bridgehead atoms. The zero-order chi connectivity index (χ0) is 11.8. The number of carbonyl (C=O) groups excluding carboxylic acids is 1. The van der Waals surface area contributed by atoms with Crippen LogP contribution >= 0.6 is 0 Å². The van der Waals surface area contributed by atoms with Crippen molar-refractivity contribution in [2.45, 2.75) is 12.5 Å². The Morgan fingerprint density at radius 1 is 1.50 bits per heavy atom. The van der Waals surface area contributed by atoms with Gasteiger partial charge in [-0.25, -0.2) is 4.79 Å². The average Bonchev–Trinajstić information content (AvgIpc) is 2.65. The van der Waals surface area contributed by atoms with E-state index in [1.165, 1.54) is 0 Å². The number of nitrogens with zero attached hydrogens (tertiary/aromatic N) is 1. The number of ether oxygens (including phenoxy) is 3. The Balaban J connectivity index is 2.03. The van der Waals surface area contributed by atoms with Gasteiger partial charge >= 0.3 is 6.09 Å². The van der Waals surface area contributed by atoms with Crippen molar-refractivity contribution in [2.24, 2.45) is 5.73 Å². The topological polar surface area (TPSA) is 74.0 Å². The summed E-state index contributed by atoms with van der Waals surface area (Å²) < 4.78 is 15.2. The number of amides is 1. The second kappa shape index (κ2) is 7.43. The molecule has 6 heteroatoms. The van der Waals surface area contributed by atoms with Gasteiger partial charge in [-0.15, -0.1) is 0 Å². The van der Waals surface area contributed by atoms with Crippen LogP contribution in [0.25, 0.3) is 0 Å². The van der Waals surface area contributed by atoms with E-state index in [9.17, 15) is 4.79 Å². The molecule has 94 valence electrons. The van der Waals surface area contributed by atoms with Crippen molar-refractivity contribution in [3.8, 4) is 0 Å². The largest absolute Gasteiger partial charge is 0.443 e. The monoisotopic (exact) mass is 232 g/mol. The van der Waals surface area contributed by atoms with Crippen LogP contribution in [0.2, 0.25) is 0 Å². The Kier molecular flexibility index (Phi) is 6.14. The number of methoxy groups -OCH3 is 1. The Morgan fingerprint density at radius 3 is 2.94 bits per heavy atom. The molecule has 16 heavy (non-hydrogen) atoms. The molecule has 1 atom stereocenters. The van der Waals surface area contributed by atoms with Gasteiger partial charge in [-0.1, -0.05) is 0 Å². The molecule has 2 N–H and O–H groups in total. The highest BCUT2D eigenvalue weighted by Gasteiger charge is 2.29. The van der Waals surface area contributed by atoms with Crippen LogP contribution in [0.4, 0.5) is 4.79 Å². The van der Waals surface area contributed by atoms with Crippen molar-refractivity contribution in [1.82, 2.24) is 4.90 Å². The van der Waals surface area contributed by atoms with Crippen molar-refractivity contribution in [1.29, 1.82) is 0 Å². The van der Waals surface area contributed by atoms with E-state index >= 15 is 0 Å². The van der Waals surface area contributed by atoms with Gasteiger partial charge in [0.2, 0.25) is 0 Å². The summed E-state index contributed by atoms with van der Waals surface area (Å²) >= 11 is 0. The smallest absolute Gasteiger partial charge is 0.410 e. The first kappa shape index (κ1) is 13.2. The van der Waals surface area contributed by atoms with E-state index < -0.39 is 0 Å². The lowest BCUT2D eigenvalue weighted by Gasteiger charge is -2.12. The van der Waals surface area contributed by atoms with Gasteiger partial charge in [0.05, 0.1) is 13.2 Å². The predicted octanol–water partition coefficient (Wildman–Crippen LogP) is -0.181. The zero-order valence-corrected chi connectivity index (χ0v) is 9.68. The molecule has 1 aliphatic rings. The van der Waals surface area contributed by atoms with Gasteiger partial charge in [-0.05, 0) is 6.42 Å². The molecular weight excluding hydrogens is 212 g/mol. The van der Waals surface area contributed by atoms with Crippen LogP contribution in [0.3, 0.4) is 0 Å². The first-order chi connectivity index (χ1) is 7.77. The number of cyclic esters (lactones) is 1. The van der Waals surface area contributed by atoms with Crippen LogP contribution in [0, 0.1) is 0 Å². The third-order valence-electron chi connectivity index (χ3n) is 2.36. The van der Waals surface area contributed by atoms with Crippen molar-refractivity contribution in [3.05, 3.63) is 0 Å². The number of nitrogens with two attached hydrogens (primary N) is 1. The number of rotatable bonds is 8. The Labute approximate surface area is 95.6 Å². The maximum Gasteiger partial charge on any atom is 0.410 e. The fourth-order valence-electron chi connectivity index (χ4n) is 1.46. The van der Waals surface area contributed by atoms with Crippen LogP contribution in [0.1, 0.15) is 6.42 Å². The van der Waals surface area contributed by atoms with Gasteiger partial charge in [-0.3, -0.25) is 0 Å². The number of hydrogen-bond acceptors (Lipinski definition) is 5. The maximum absolute atomic E-state index is 11.3. The Hall–Kier alpha value is -0.850. The third-order valence-corrected chi connectivity index (χ3v) is 2.36.